The Kier molecular flexibility index (Phi) is 3.41. The topological polar surface area (TPSA) is 58.6 Å². The SMILES string of the molecule is CC(C)(O)C(C)(C)NC(=O)[C@@H]1CCCO1. The van der Waals surface area contributed by atoms with Gasteiger partial charge in [0, 0.05) is 6.61 Å². The number of carbonyl (C=O) groups is 1. The fraction of sp³-hybridized carbons (Fsp3) is 0.909. The second-order valence-corrected chi connectivity index (χ2v) is 5.17. The summed E-state index contributed by atoms with van der Waals surface area (Å²) in [5.74, 6) is -0.125. The molecule has 15 heavy (non-hydrogen) atoms. The van der Waals surface area contributed by atoms with Crippen LogP contribution in [0.4, 0.5) is 0 Å². The molecule has 88 valence electrons. The number of hydrogen-bond acceptors (Lipinski definition) is 3. The first kappa shape index (κ1) is 12.5. The molecule has 1 aliphatic heterocycles. The van der Waals surface area contributed by atoms with Gasteiger partial charge >= 0.3 is 0 Å². The number of amides is 1. The van der Waals surface area contributed by atoms with E-state index < -0.39 is 11.1 Å². The molecule has 1 heterocycles. The van der Waals surface area contributed by atoms with Crippen molar-refractivity contribution in [1.82, 2.24) is 5.32 Å². The third kappa shape index (κ3) is 2.92. The lowest BCUT2D eigenvalue weighted by Gasteiger charge is -2.38. The Balaban J connectivity index is 2.57. The fourth-order valence-corrected chi connectivity index (χ4v) is 1.33. The van der Waals surface area contributed by atoms with Crippen molar-refractivity contribution in [2.75, 3.05) is 6.61 Å². The van der Waals surface area contributed by atoms with E-state index in [-0.39, 0.29) is 12.0 Å². The average molecular weight is 215 g/mol. The van der Waals surface area contributed by atoms with E-state index in [1.165, 1.54) is 0 Å². The van der Waals surface area contributed by atoms with Gasteiger partial charge in [-0.1, -0.05) is 0 Å². The van der Waals surface area contributed by atoms with Crippen LogP contribution in [0.25, 0.3) is 0 Å². The van der Waals surface area contributed by atoms with Crippen LogP contribution in [0.3, 0.4) is 0 Å². The molecule has 4 nitrogen and oxygen atoms in total. The van der Waals surface area contributed by atoms with E-state index in [2.05, 4.69) is 5.32 Å². The Labute approximate surface area is 91.0 Å². The molecule has 0 aromatic rings. The van der Waals surface area contributed by atoms with Crippen LogP contribution in [0.1, 0.15) is 40.5 Å². The smallest absolute Gasteiger partial charge is 0.249 e. The molecule has 4 heteroatoms. The largest absolute Gasteiger partial charge is 0.388 e. The molecule has 1 atom stereocenters. The molecular weight excluding hydrogens is 194 g/mol. The molecule has 1 fully saturated rings. The number of rotatable bonds is 3. The maximum atomic E-state index is 11.8. The minimum Gasteiger partial charge on any atom is -0.388 e. The minimum atomic E-state index is -0.957. The van der Waals surface area contributed by atoms with Crippen LogP contribution < -0.4 is 5.32 Å². The first-order chi connectivity index (χ1) is 6.74. The highest BCUT2D eigenvalue weighted by atomic mass is 16.5. The van der Waals surface area contributed by atoms with Crippen LogP contribution in [0.15, 0.2) is 0 Å². The molecule has 0 aromatic heterocycles. The molecule has 1 rings (SSSR count). The van der Waals surface area contributed by atoms with Gasteiger partial charge in [0.1, 0.15) is 6.10 Å². The molecule has 1 amide bonds. The van der Waals surface area contributed by atoms with Crippen molar-refractivity contribution in [1.29, 1.82) is 0 Å². The average Bonchev–Trinajstić information content (AvgIpc) is 2.51. The monoisotopic (exact) mass is 215 g/mol. The summed E-state index contributed by atoms with van der Waals surface area (Å²) in [5, 5.41) is 12.7. The van der Waals surface area contributed by atoms with Crippen molar-refractivity contribution >= 4 is 5.91 Å². The second kappa shape index (κ2) is 4.10. The first-order valence-corrected chi connectivity index (χ1v) is 5.40. The van der Waals surface area contributed by atoms with Crippen molar-refractivity contribution in [3.8, 4) is 0 Å². The quantitative estimate of drug-likeness (QED) is 0.733. The summed E-state index contributed by atoms with van der Waals surface area (Å²) in [6, 6.07) is 0. The summed E-state index contributed by atoms with van der Waals surface area (Å²) in [4.78, 5) is 11.8. The van der Waals surface area contributed by atoms with E-state index in [0.29, 0.717) is 6.61 Å². The molecule has 0 spiro atoms. The lowest BCUT2D eigenvalue weighted by atomic mass is 9.86. The molecule has 2 N–H and O–H groups in total. The summed E-state index contributed by atoms with van der Waals surface area (Å²) in [6.07, 6.45) is 1.36. The fourth-order valence-electron chi connectivity index (χ4n) is 1.33. The van der Waals surface area contributed by atoms with E-state index in [1.807, 2.05) is 0 Å². The molecule has 0 bridgehead atoms. The van der Waals surface area contributed by atoms with Gasteiger partial charge in [-0.3, -0.25) is 4.79 Å². The Hall–Kier alpha value is -0.610. The van der Waals surface area contributed by atoms with Crippen LogP contribution in [0.5, 0.6) is 0 Å². The number of hydrogen-bond donors (Lipinski definition) is 2. The highest BCUT2D eigenvalue weighted by Gasteiger charge is 2.38. The van der Waals surface area contributed by atoms with Crippen LogP contribution in [-0.4, -0.2) is 34.9 Å². The van der Waals surface area contributed by atoms with Gasteiger partial charge in [0.15, 0.2) is 0 Å². The maximum absolute atomic E-state index is 11.8. The zero-order valence-corrected chi connectivity index (χ0v) is 9.96. The Morgan fingerprint density at radius 2 is 2.00 bits per heavy atom. The van der Waals surface area contributed by atoms with Crippen LogP contribution >= 0.6 is 0 Å². The molecule has 1 aliphatic rings. The Morgan fingerprint density at radius 3 is 2.40 bits per heavy atom. The minimum absolute atomic E-state index is 0.125. The number of carbonyl (C=O) groups excluding carboxylic acids is 1. The predicted molar refractivity (Wildman–Crippen MR) is 57.5 cm³/mol. The van der Waals surface area contributed by atoms with Gasteiger partial charge in [0.2, 0.25) is 5.91 Å². The zero-order chi connectivity index (χ0) is 11.7. The molecule has 0 unspecified atom stereocenters. The summed E-state index contributed by atoms with van der Waals surface area (Å²) >= 11 is 0. The maximum Gasteiger partial charge on any atom is 0.249 e. The number of nitrogens with one attached hydrogen (secondary N) is 1. The van der Waals surface area contributed by atoms with Crippen molar-refractivity contribution in [3.05, 3.63) is 0 Å². The lowest BCUT2D eigenvalue weighted by Crippen LogP contribution is -2.59. The van der Waals surface area contributed by atoms with Crippen molar-refractivity contribution in [2.24, 2.45) is 0 Å². The predicted octanol–water partition coefficient (Wildman–Crippen LogP) is 0.831. The normalized spacial score (nSPS) is 22.9. The second-order valence-electron chi connectivity index (χ2n) is 5.17. The Bertz CT molecular complexity index is 237. The van der Waals surface area contributed by atoms with Gasteiger partial charge in [0.05, 0.1) is 11.1 Å². The summed E-state index contributed by atoms with van der Waals surface area (Å²) in [6.45, 7) is 7.63. The third-order valence-electron chi connectivity index (χ3n) is 3.19. The van der Waals surface area contributed by atoms with Gasteiger partial charge < -0.3 is 15.2 Å². The van der Waals surface area contributed by atoms with Crippen LogP contribution in [0, 0.1) is 0 Å². The Morgan fingerprint density at radius 1 is 1.40 bits per heavy atom. The molecule has 0 saturated carbocycles. The molecular formula is C11H21NO3. The van der Waals surface area contributed by atoms with Crippen LogP contribution in [-0.2, 0) is 9.53 Å². The van der Waals surface area contributed by atoms with E-state index in [4.69, 9.17) is 4.74 Å². The van der Waals surface area contributed by atoms with E-state index >= 15 is 0 Å². The van der Waals surface area contributed by atoms with Gasteiger partial charge in [-0.25, -0.2) is 0 Å². The van der Waals surface area contributed by atoms with E-state index in [9.17, 15) is 9.90 Å². The third-order valence-corrected chi connectivity index (χ3v) is 3.19. The molecule has 0 aliphatic carbocycles. The lowest BCUT2D eigenvalue weighted by molar-refractivity contribution is -0.135. The highest BCUT2D eigenvalue weighted by molar-refractivity contribution is 5.81. The number of aliphatic hydroxyl groups is 1. The molecule has 1 saturated heterocycles. The van der Waals surface area contributed by atoms with E-state index in [1.54, 1.807) is 27.7 Å². The van der Waals surface area contributed by atoms with Crippen molar-refractivity contribution in [2.45, 2.75) is 57.8 Å². The van der Waals surface area contributed by atoms with E-state index in [0.717, 1.165) is 12.8 Å². The summed E-state index contributed by atoms with van der Waals surface area (Å²) < 4.78 is 5.28. The molecule has 0 aromatic carbocycles. The van der Waals surface area contributed by atoms with Crippen molar-refractivity contribution in [3.63, 3.8) is 0 Å². The zero-order valence-electron chi connectivity index (χ0n) is 9.96. The standard InChI is InChI=1S/C11H21NO3/c1-10(2,11(3,4)14)12-9(13)8-6-5-7-15-8/h8,14H,5-7H2,1-4H3,(H,12,13)/t8-/m0/s1. The summed E-state index contributed by atoms with van der Waals surface area (Å²) in [5.41, 5.74) is -1.61. The van der Waals surface area contributed by atoms with Gasteiger partial charge in [-0.2, -0.15) is 0 Å². The van der Waals surface area contributed by atoms with Gasteiger partial charge in [-0.15, -0.1) is 0 Å². The van der Waals surface area contributed by atoms with Gasteiger partial charge in [0.25, 0.3) is 0 Å². The number of ether oxygens (including phenoxy) is 1. The van der Waals surface area contributed by atoms with Crippen LogP contribution in [0.2, 0.25) is 0 Å². The first-order valence-electron chi connectivity index (χ1n) is 5.40. The molecule has 0 radical (unpaired) electrons. The van der Waals surface area contributed by atoms with Gasteiger partial charge in [-0.05, 0) is 40.5 Å². The van der Waals surface area contributed by atoms with Crippen molar-refractivity contribution < 1.29 is 14.6 Å². The summed E-state index contributed by atoms with van der Waals surface area (Å²) in [7, 11) is 0. The highest BCUT2D eigenvalue weighted by Crippen LogP contribution is 2.22.